The lowest BCUT2D eigenvalue weighted by atomic mass is 10.1. The first-order chi connectivity index (χ1) is 11.9. The van der Waals surface area contributed by atoms with E-state index < -0.39 is 4.92 Å². The fourth-order valence-corrected chi connectivity index (χ4v) is 1.95. The number of hydrogen-bond acceptors (Lipinski definition) is 5. The molecule has 2 rings (SSSR count). The number of rotatable bonds is 4. The Bertz CT molecular complexity index is 768. The number of non-ortho nitro benzene ring substituents is 1. The predicted molar refractivity (Wildman–Crippen MR) is 96.6 cm³/mol. The van der Waals surface area contributed by atoms with Crippen LogP contribution >= 0.6 is 0 Å². The highest BCUT2D eigenvalue weighted by Crippen LogP contribution is 2.24. The predicted octanol–water partition coefficient (Wildman–Crippen LogP) is 4.51. The van der Waals surface area contributed by atoms with E-state index in [0.29, 0.717) is 11.1 Å². The molecule has 0 saturated heterocycles. The number of hydrogen-bond donors (Lipinski definition) is 1. The molecule has 6 heteroatoms. The largest absolute Gasteiger partial charge is 0.507 e. The average molecular weight is 343 g/mol. The average Bonchev–Trinajstić information content (AvgIpc) is 2.61. The third-order valence-corrected chi connectivity index (χ3v) is 3.31. The Morgan fingerprint density at radius 1 is 1.28 bits per heavy atom. The number of allylic oxidation sites excluding steroid dienone is 1. The number of benzene rings is 2. The van der Waals surface area contributed by atoms with Gasteiger partial charge >= 0.3 is 5.97 Å². The number of carbonyl (C=O) groups is 1. The number of nitro benzene ring substituents is 1. The molecule has 1 N–H and O–H groups in total. The van der Waals surface area contributed by atoms with Crippen molar-refractivity contribution < 1.29 is 19.6 Å². The monoisotopic (exact) mass is 343 g/mol. The van der Waals surface area contributed by atoms with E-state index in [2.05, 4.69) is 4.74 Å². The van der Waals surface area contributed by atoms with Gasteiger partial charge in [0.25, 0.3) is 5.69 Å². The van der Waals surface area contributed by atoms with Crippen molar-refractivity contribution in [1.29, 1.82) is 0 Å². The molecule has 6 nitrogen and oxygen atoms in total. The van der Waals surface area contributed by atoms with Crippen LogP contribution in [0.5, 0.6) is 5.75 Å². The van der Waals surface area contributed by atoms with Crippen LogP contribution in [0.25, 0.3) is 6.08 Å². The summed E-state index contributed by atoms with van der Waals surface area (Å²) in [5.74, 6) is -0.219. The van der Waals surface area contributed by atoms with Gasteiger partial charge in [0.15, 0.2) is 0 Å². The molecule has 0 heterocycles. The van der Waals surface area contributed by atoms with E-state index in [-0.39, 0.29) is 17.4 Å². The Balaban J connectivity index is 0.000000257. The zero-order valence-electron chi connectivity index (χ0n) is 14.4. The Morgan fingerprint density at radius 3 is 2.52 bits per heavy atom. The highest BCUT2D eigenvalue weighted by Gasteiger charge is 2.07. The fourth-order valence-electron chi connectivity index (χ4n) is 1.95. The number of aryl methyl sites for hydroxylation is 1. The standard InChI is InChI=1S/C10H11NO3.C9H10O2/c1-2-3-4-8-7-9(11(13)14)5-6-10(8)12;1-7-5-3-4-6-8(7)9(10)11-2/h3-7,12H,2H2,1H3;3-6H,1-2H3/b4-3-;. The van der Waals surface area contributed by atoms with E-state index >= 15 is 0 Å². The summed E-state index contributed by atoms with van der Waals surface area (Å²) in [6, 6.07) is 11.3. The molecule has 0 fully saturated rings. The summed E-state index contributed by atoms with van der Waals surface area (Å²) in [5.41, 5.74) is 2.04. The van der Waals surface area contributed by atoms with Crippen molar-refractivity contribution in [3.63, 3.8) is 0 Å². The van der Waals surface area contributed by atoms with Crippen molar-refractivity contribution in [2.45, 2.75) is 20.3 Å². The SMILES string of the molecule is CC/C=C\c1cc([N+](=O)[O-])ccc1O.COC(=O)c1ccccc1C. The van der Waals surface area contributed by atoms with Gasteiger partial charge in [0.2, 0.25) is 0 Å². The minimum Gasteiger partial charge on any atom is -0.507 e. The molecule has 2 aromatic carbocycles. The van der Waals surface area contributed by atoms with Crippen LogP contribution < -0.4 is 0 Å². The summed E-state index contributed by atoms with van der Waals surface area (Å²) in [7, 11) is 1.38. The molecule has 0 atom stereocenters. The summed E-state index contributed by atoms with van der Waals surface area (Å²) in [5, 5.41) is 19.8. The number of methoxy groups -OCH3 is 1. The second-order valence-electron chi connectivity index (χ2n) is 5.12. The minimum atomic E-state index is -0.483. The van der Waals surface area contributed by atoms with Crippen molar-refractivity contribution in [1.82, 2.24) is 0 Å². The van der Waals surface area contributed by atoms with Crippen LogP contribution in [0, 0.1) is 17.0 Å². The molecule has 0 saturated carbocycles. The number of phenols is 1. The minimum absolute atomic E-state index is 0.0152. The molecular formula is C19H21NO5. The van der Waals surface area contributed by atoms with E-state index in [9.17, 15) is 20.0 Å². The van der Waals surface area contributed by atoms with Gasteiger partial charge < -0.3 is 9.84 Å². The number of aromatic hydroxyl groups is 1. The van der Waals surface area contributed by atoms with E-state index in [1.807, 2.05) is 38.1 Å². The lowest BCUT2D eigenvalue weighted by Gasteiger charge is -2.00. The van der Waals surface area contributed by atoms with Gasteiger partial charge in [-0.1, -0.05) is 37.3 Å². The second-order valence-corrected chi connectivity index (χ2v) is 5.12. The maximum absolute atomic E-state index is 11.0. The summed E-state index contributed by atoms with van der Waals surface area (Å²) in [6.45, 7) is 3.83. The number of ether oxygens (including phenoxy) is 1. The van der Waals surface area contributed by atoms with Crippen molar-refractivity contribution >= 4 is 17.7 Å². The lowest BCUT2D eigenvalue weighted by molar-refractivity contribution is -0.384. The summed E-state index contributed by atoms with van der Waals surface area (Å²) in [4.78, 5) is 21.0. The summed E-state index contributed by atoms with van der Waals surface area (Å²) >= 11 is 0. The molecule has 0 aliphatic carbocycles. The van der Waals surface area contributed by atoms with Crippen LogP contribution in [-0.2, 0) is 4.74 Å². The molecule has 0 aliphatic rings. The number of nitrogens with zero attached hydrogens (tertiary/aromatic N) is 1. The van der Waals surface area contributed by atoms with E-state index in [1.54, 1.807) is 12.1 Å². The van der Waals surface area contributed by atoms with Crippen molar-refractivity contribution in [3.8, 4) is 5.75 Å². The highest BCUT2D eigenvalue weighted by atomic mass is 16.6. The first kappa shape index (κ1) is 19.9. The first-order valence-electron chi connectivity index (χ1n) is 7.68. The molecular weight excluding hydrogens is 322 g/mol. The number of nitro groups is 1. The molecule has 2 aromatic rings. The van der Waals surface area contributed by atoms with Crippen LogP contribution in [-0.4, -0.2) is 23.1 Å². The maximum atomic E-state index is 11.0. The van der Waals surface area contributed by atoms with Gasteiger partial charge in [-0.3, -0.25) is 10.1 Å². The van der Waals surface area contributed by atoms with Gasteiger partial charge in [-0.05, 0) is 31.0 Å². The summed E-state index contributed by atoms with van der Waals surface area (Å²) in [6.07, 6.45) is 4.32. The normalized spacial score (nSPS) is 10.0. The number of phenolic OH excluding ortho intramolecular Hbond substituents is 1. The molecule has 25 heavy (non-hydrogen) atoms. The first-order valence-corrected chi connectivity index (χ1v) is 7.68. The molecule has 0 aliphatic heterocycles. The van der Waals surface area contributed by atoms with E-state index in [4.69, 9.17) is 0 Å². The van der Waals surface area contributed by atoms with Crippen molar-refractivity contribution in [2.24, 2.45) is 0 Å². The van der Waals surface area contributed by atoms with Crippen LogP contribution in [0.4, 0.5) is 5.69 Å². The van der Waals surface area contributed by atoms with Crippen LogP contribution in [0.3, 0.4) is 0 Å². The van der Waals surface area contributed by atoms with Crippen LogP contribution in [0.2, 0.25) is 0 Å². The van der Waals surface area contributed by atoms with Crippen LogP contribution in [0.1, 0.15) is 34.8 Å². The van der Waals surface area contributed by atoms with Gasteiger partial charge in [0.05, 0.1) is 17.6 Å². The molecule has 0 radical (unpaired) electrons. The van der Waals surface area contributed by atoms with Gasteiger partial charge in [-0.15, -0.1) is 0 Å². The molecule has 0 spiro atoms. The summed E-state index contributed by atoms with van der Waals surface area (Å²) < 4.78 is 4.58. The van der Waals surface area contributed by atoms with Crippen LogP contribution in [0.15, 0.2) is 48.5 Å². The Morgan fingerprint density at radius 2 is 1.96 bits per heavy atom. The topological polar surface area (TPSA) is 89.7 Å². The Hall–Kier alpha value is -3.15. The van der Waals surface area contributed by atoms with Gasteiger partial charge in [-0.2, -0.15) is 0 Å². The van der Waals surface area contributed by atoms with Gasteiger partial charge in [0.1, 0.15) is 5.75 Å². The smallest absolute Gasteiger partial charge is 0.338 e. The fraction of sp³-hybridized carbons (Fsp3) is 0.211. The highest BCUT2D eigenvalue weighted by molar-refractivity contribution is 5.90. The molecule has 0 bridgehead atoms. The third kappa shape index (κ3) is 6.10. The van der Waals surface area contributed by atoms with E-state index in [1.165, 1.54) is 25.3 Å². The zero-order valence-corrected chi connectivity index (χ0v) is 14.4. The second kappa shape index (κ2) is 9.87. The van der Waals surface area contributed by atoms with Crippen molar-refractivity contribution in [2.75, 3.05) is 7.11 Å². The maximum Gasteiger partial charge on any atom is 0.338 e. The zero-order chi connectivity index (χ0) is 18.8. The number of carbonyl (C=O) groups excluding carboxylic acids is 1. The Labute approximate surface area is 146 Å². The Kier molecular flexibility index (Phi) is 7.86. The molecule has 0 amide bonds. The van der Waals surface area contributed by atoms with Gasteiger partial charge in [0, 0.05) is 17.7 Å². The third-order valence-electron chi connectivity index (χ3n) is 3.31. The quantitative estimate of drug-likeness (QED) is 0.501. The number of esters is 1. The molecule has 0 unspecified atom stereocenters. The molecule has 0 aromatic heterocycles. The molecule has 132 valence electrons. The van der Waals surface area contributed by atoms with Crippen molar-refractivity contribution in [3.05, 3.63) is 75.3 Å². The van der Waals surface area contributed by atoms with E-state index in [0.717, 1.165) is 12.0 Å². The van der Waals surface area contributed by atoms with Gasteiger partial charge in [-0.25, -0.2) is 4.79 Å². The lowest BCUT2D eigenvalue weighted by Crippen LogP contribution is -2.02.